The molecule has 0 N–H and O–H groups in total. The predicted molar refractivity (Wildman–Crippen MR) is 136 cm³/mol. The van der Waals surface area contributed by atoms with Crippen LogP contribution in [0.2, 0.25) is 5.02 Å². The first kappa shape index (κ1) is 23.1. The summed E-state index contributed by atoms with van der Waals surface area (Å²) in [6, 6.07) is 19.8. The van der Waals surface area contributed by atoms with E-state index in [2.05, 4.69) is 4.99 Å². The number of rotatable bonds is 5. The lowest BCUT2D eigenvalue weighted by Gasteiger charge is -2.25. The van der Waals surface area contributed by atoms with Gasteiger partial charge in [-0.05, 0) is 48.4 Å². The molecule has 8 heteroatoms. The number of furan rings is 1. The van der Waals surface area contributed by atoms with Crippen molar-refractivity contribution in [2.24, 2.45) is 4.99 Å². The molecule has 1 aliphatic rings. The van der Waals surface area contributed by atoms with E-state index in [1.165, 1.54) is 18.4 Å². The highest BCUT2D eigenvalue weighted by atomic mass is 35.5. The minimum atomic E-state index is -0.627. The number of carbonyl (C=O) groups excluding carboxylic acids is 1. The number of hydrogen-bond donors (Lipinski definition) is 0. The Morgan fingerprint density at radius 2 is 1.89 bits per heavy atom. The van der Waals surface area contributed by atoms with E-state index >= 15 is 0 Å². The van der Waals surface area contributed by atoms with Gasteiger partial charge in [-0.2, -0.15) is 0 Å². The molecule has 3 heterocycles. The van der Waals surface area contributed by atoms with E-state index in [0.29, 0.717) is 43.6 Å². The molecule has 5 rings (SSSR count). The van der Waals surface area contributed by atoms with Crippen LogP contribution in [0, 0.1) is 0 Å². The molecule has 1 atom stereocenters. The van der Waals surface area contributed by atoms with Gasteiger partial charge in [0, 0.05) is 16.7 Å². The van der Waals surface area contributed by atoms with Crippen molar-refractivity contribution in [3.63, 3.8) is 0 Å². The van der Waals surface area contributed by atoms with Crippen molar-refractivity contribution in [3.05, 3.63) is 114 Å². The number of allylic oxidation sites excluding steroid dienone is 1. The van der Waals surface area contributed by atoms with E-state index in [1.807, 2.05) is 61.5 Å². The maximum atomic E-state index is 13.6. The topological polar surface area (TPSA) is 73.8 Å². The molecular formula is C27H21ClN2O4S. The molecule has 2 aromatic heterocycles. The zero-order chi connectivity index (χ0) is 24.5. The van der Waals surface area contributed by atoms with Crippen molar-refractivity contribution in [1.82, 2.24) is 4.57 Å². The zero-order valence-corrected chi connectivity index (χ0v) is 20.6. The van der Waals surface area contributed by atoms with Crippen molar-refractivity contribution >= 4 is 35.0 Å². The van der Waals surface area contributed by atoms with Crippen LogP contribution in [-0.2, 0) is 9.53 Å². The molecular weight excluding hydrogens is 484 g/mol. The summed E-state index contributed by atoms with van der Waals surface area (Å²) in [5, 5.41) is 0.646. The highest BCUT2D eigenvalue weighted by molar-refractivity contribution is 7.07. The first-order valence-electron chi connectivity index (χ1n) is 11.0. The van der Waals surface area contributed by atoms with Crippen molar-refractivity contribution in [2.75, 3.05) is 7.11 Å². The summed E-state index contributed by atoms with van der Waals surface area (Å²) < 4.78 is 13.1. The molecule has 0 amide bonds. The first-order valence-corrected chi connectivity index (χ1v) is 12.2. The minimum absolute atomic E-state index is 0.247. The average Bonchev–Trinajstić information content (AvgIpc) is 3.48. The summed E-state index contributed by atoms with van der Waals surface area (Å²) in [6.45, 7) is 1.93. The van der Waals surface area contributed by atoms with Crippen LogP contribution >= 0.6 is 22.9 Å². The van der Waals surface area contributed by atoms with Gasteiger partial charge in [-0.25, -0.2) is 9.79 Å². The molecule has 35 heavy (non-hydrogen) atoms. The van der Waals surface area contributed by atoms with Crippen LogP contribution in [0.15, 0.2) is 92.2 Å². The van der Waals surface area contributed by atoms with Crippen LogP contribution in [0.25, 0.3) is 17.4 Å². The molecule has 4 aromatic rings. The van der Waals surface area contributed by atoms with Gasteiger partial charge in [0.2, 0.25) is 0 Å². The Bertz CT molecular complexity index is 1610. The number of hydrogen-bond acceptors (Lipinski definition) is 6. The Labute approximate surface area is 210 Å². The summed E-state index contributed by atoms with van der Waals surface area (Å²) in [5.41, 5.74) is 2.44. The fourth-order valence-corrected chi connectivity index (χ4v) is 5.27. The number of thiazole rings is 1. The number of carbonyl (C=O) groups is 1. The predicted octanol–water partition coefficient (Wildman–Crippen LogP) is 4.71. The SMILES string of the molecule is CCC1=C(C(=O)OC)[C@@H](c2ccccc2)n2c(s/c(=C\c3ccc(-c4ccc(Cl)cc4)o3)c2=O)=N1. The molecule has 0 fully saturated rings. The number of halogens is 1. The Morgan fingerprint density at radius 3 is 2.57 bits per heavy atom. The molecule has 176 valence electrons. The molecule has 0 bridgehead atoms. The fraction of sp³-hybridized carbons (Fsp3) is 0.148. The Morgan fingerprint density at radius 1 is 1.14 bits per heavy atom. The number of aromatic nitrogens is 1. The Kier molecular flexibility index (Phi) is 6.28. The lowest BCUT2D eigenvalue weighted by molar-refractivity contribution is -0.136. The fourth-order valence-electron chi connectivity index (χ4n) is 4.14. The standard InChI is InChI=1S/C27H21ClN2O4S/c1-3-20-23(26(32)33-2)24(17-7-5-4-6-8-17)30-25(31)22(35-27(30)29-20)15-19-13-14-21(34-19)16-9-11-18(28)12-10-16/h4-15,24H,3H2,1-2H3/b22-15-/t24-/m1/s1. The summed E-state index contributed by atoms with van der Waals surface area (Å²) in [5.74, 6) is 0.718. The third-order valence-electron chi connectivity index (χ3n) is 5.79. The van der Waals surface area contributed by atoms with E-state index in [9.17, 15) is 9.59 Å². The monoisotopic (exact) mass is 504 g/mol. The molecule has 0 aliphatic carbocycles. The number of esters is 1. The molecule has 0 saturated heterocycles. The molecule has 0 spiro atoms. The van der Waals surface area contributed by atoms with Gasteiger partial charge in [-0.3, -0.25) is 9.36 Å². The number of ether oxygens (including phenoxy) is 1. The van der Waals surface area contributed by atoms with Crippen LogP contribution in [0.4, 0.5) is 0 Å². The van der Waals surface area contributed by atoms with Gasteiger partial charge in [0.05, 0.1) is 29.0 Å². The first-order chi connectivity index (χ1) is 17.0. The Balaban J connectivity index is 1.65. The van der Waals surface area contributed by atoms with Crippen LogP contribution in [0.5, 0.6) is 0 Å². The second-order valence-corrected chi connectivity index (χ2v) is 9.35. The lowest BCUT2D eigenvalue weighted by Crippen LogP contribution is -2.40. The number of nitrogens with zero attached hydrogens (tertiary/aromatic N) is 2. The average molecular weight is 505 g/mol. The smallest absolute Gasteiger partial charge is 0.338 e. The Hall–Kier alpha value is -3.68. The van der Waals surface area contributed by atoms with Gasteiger partial charge in [-0.1, -0.05) is 60.2 Å². The van der Waals surface area contributed by atoms with Crippen LogP contribution in [-0.4, -0.2) is 17.6 Å². The highest BCUT2D eigenvalue weighted by Crippen LogP contribution is 2.31. The van der Waals surface area contributed by atoms with E-state index in [0.717, 1.165) is 11.1 Å². The van der Waals surface area contributed by atoms with Crippen molar-refractivity contribution in [2.45, 2.75) is 19.4 Å². The van der Waals surface area contributed by atoms with Crippen LogP contribution in [0.3, 0.4) is 0 Å². The summed E-state index contributed by atoms with van der Waals surface area (Å²) in [4.78, 5) is 31.6. The van der Waals surface area contributed by atoms with Gasteiger partial charge in [0.25, 0.3) is 5.56 Å². The second-order valence-electron chi connectivity index (χ2n) is 7.91. The van der Waals surface area contributed by atoms with Gasteiger partial charge >= 0.3 is 5.97 Å². The third-order valence-corrected chi connectivity index (χ3v) is 7.03. The van der Waals surface area contributed by atoms with Crippen molar-refractivity contribution < 1.29 is 13.9 Å². The lowest BCUT2D eigenvalue weighted by atomic mass is 9.95. The summed E-state index contributed by atoms with van der Waals surface area (Å²) in [7, 11) is 1.34. The summed E-state index contributed by atoms with van der Waals surface area (Å²) in [6.07, 6.45) is 2.24. The van der Waals surface area contributed by atoms with Gasteiger partial charge < -0.3 is 9.15 Å². The van der Waals surface area contributed by atoms with Crippen LogP contribution in [0.1, 0.15) is 30.7 Å². The third kappa shape index (κ3) is 4.29. The van der Waals surface area contributed by atoms with E-state index in [4.69, 9.17) is 20.8 Å². The van der Waals surface area contributed by atoms with E-state index in [1.54, 1.807) is 22.8 Å². The molecule has 6 nitrogen and oxygen atoms in total. The zero-order valence-electron chi connectivity index (χ0n) is 19.0. The van der Waals surface area contributed by atoms with Crippen molar-refractivity contribution in [3.8, 4) is 11.3 Å². The molecule has 2 aromatic carbocycles. The number of methoxy groups -OCH3 is 1. The largest absolute Gasteiger partial charge is 0.466 e. The van der Waals surface area contributed by atoms with E-state index < -0.39 is 12.0 Å². The minimum Gasteiger partial charge on any atom is -0.466 e. The number of benzene rings is 2. The maximum Gasteiger partial charge on any atom is 0.338 e. The molecule has 1 aliphatic heterocycles. The normalized spacial score (nSPS) is 15.6. The quantitative estimate of drug-likeness (QED) is 0.369. The van der Waals surface area contributed by atoms with E-state index in [-0.39, 0.29) is 5.56 Å². The molecule has 0 saturated carbocycles. The van der Waals surface area contributed by atoms with Crippen LogP contribution < -0.4 is 14.9 Å². The second kappa shape index (κ2) is 9.52. The van der Waals surface area contributed by atoms with Gasteiger partial charge in [0.15, 0.2) is 4.80 Å². The molecule has 0 unspecified atom stereocenters. The summed E-state index contributed by atoms with van der Waals surface area (Å²) >= 11 is 7.25. The maximum absolute atomic E-state index is 13.6. The highest BCUT2D eigenvalue weighted by Gasteiger charge is 2.33. The number of fused-ring (bicyclic) bond motifs is 1. The van der Waals surface area contributed by atoms with Gasteiger partial charge in [0.1, 0.15) is 11.5 Å². The molecule has 0 radical (unpaired) electrons. The van der Waals surface area contributed by atoms with Gasteiger partial charge in [-0.15, -0.1) is 0 Å². The van der Waals surface area contributed by atoms with Crippen molar-refractivity contribution in [1.29, 1.82) is 0 Å².